The van der Waals surface area contributed by atoms with Crippen LogP contribution in [0.3, 0.4) is 0 Å². The number of hydrogen-bond acceptors (Lipinski definition) is 5. The van der Waals surface area contributed by atoms with Crippen molar-refractivity contribution in [3.05, 3.63) is 40.2 Å². The largest absolute Gasteiger partial charge is 0.308 e. The van der Waals surface area contributed by atoms with Crippen LogP contribution in [0.2, 0.25) is 5.02 Å². The molecule has 0 saturated heterocycles. The third kappa shape index (κ3) is 4.06. The molecule has 0 radical (unpaired) electrons. The Balaban J connectivity index is 2.02. The Morgan fingerprint density at radius 2 is 1.96 bits per heavy atom. The average molecular weight is 420 g/mol. The number of carbonyl (C=O) groups is 1. The molecule has 2 heterocycles. The van der Waals surface area contributed by atoms with Crippen LogP contribution in [-0.4, -0.2) is 52.8 Å². The van der Waals surface area contributed by atoms with Gasteiger partial charge in [-0.2, -0.15) is 5.10 Å². The van der Waals surface area contributed by atoms with Crippen LogP contribution in [0.4, 0.5) is 5.13 Å². The molecule has 8 heteroatoms. The molecule has 3 rings (SSSR count). The zero-order valence-corrected chi connectivity index (χ0v) is 18.7. The van der Waals surface area contributed by atoms with Crippen LogP contribution in [0.25, 0.3) is 10.2 Å². The molecule has 6 nitrogen and oxygen atoms in total. The van der Waals surface area contributed by atoms with Gasteiger partial charge in [0, 0.05) is 29.8 Å². The van der Waals surface area contributed by atoms with Crippen molar-refractivity contribution in [1.29, 1.82) is 0 Å². The number of anilines is 1. The predicted octanol–water partition coefficient (Wildman–Crippen LogP) is 4.55. The summed E-state index contributed by atoms with van der Waals surface area (Å²) in [4.78, 5) is 21.9. The van der Waals surface area contributed by atoms with Crippen molar-refractivity contribution >= 4 is 44.2 Å². The van der Waals surface area contributed by atoms with Crippen LogP contribution < -0.4 is 4.90 Å². The van der Waals surface area contributed by atoms with E-state index < -0.39 is 0 Å². The van der Waals surface area contributed by atoms with Crippen LogP contribution in [0, 0.1) is 13.8 Å². The van der Waals surface area contributed by atoms with E-state index in [1.807, 2.05) is 55.7 Å². The molecule has 0 aliphatic carbocycles. The molecule has 3 aromatic rings. The molecule has 150 valence electrons. The van der Waals surface area contributed by atoms with Gasteiger partial charge in [-0.1, -0.05) is 22.9 Å². The van der Waals surface area contributed by atoms with Gasteiger partial charge >= 0.3 is 0 Å². The SMILES string of the molecule is Cc1c(Cl)ccc2sc(N(CCN(C)C)C(=O)c3cc(C)n(C(C)C)n3)nc12. The second kappa shape index (κ2) is 8.19. The van der Waals surface area contributed by atoms with E-state index in [-0.39, 0.29) is 11.9 Å². The van der Waals surface area contributed by atoms with Crippen molar-refractivity contribution in [3.8, 4) is 0 Å². The monoisotopic (exact) mass is 419 g/mol. The van der Waals surface area contributed by atoms with E-state index in [4.69, 9.17) is 16.6 Å². The Hall–Kier alpha value is -1.96. The Kier molecular flexibility index (Phi) is 6.07. The van der Waals surface area contributed by atoms with Crippen molar-refractivity contribution in [1.82, 2.24) is 19.7 Å². The van der Waals surface area contributed by atoms with Gasteiger partial charge in [-0.15, -0.1) is 0 Å². The molecular formula is C20H26ClN5OS. The number of fused-ring (bicyclic) bond motifs is 1. The maximum atomic E-state index is 13.3. The number of thiazole rings is 1. The number of aryl methyl sites for hydroxylation is 2. The molecule has 0 aliphatic rings. The average Bonchev–Trinajstić information content (AvgIpc) is 3.22. The number of hydrogen-bond donors (Lipinski definition) is 0. The number of carbonyl (C=O) groups excluding carboxylic acids is 1. The summed E-state index contributed by atoms with van der Waals surface area (Å²) in [5.41, 5.74) is 3.19. The fourth-order valence-electron chi connectivity index (χ4n) is 3.04. The minimum Gasteiger partial charge on any atom is -0.308 e. The Morgan fingerprint density at radius 3 is 2.57 bits per heavy atom. The van der Waals surface area contributed by atoms with E-state index in [0.717, 1.165) is 28.0 Å². The van der Waals surface area contributed by atoms with E-state index in [2.05, 4.69) is 18.9 Å². The molecule has 0 spiro atoms. The summed E-state index contributed by atoms with van der Waals surface area (Å²) < 4.78 is 2.89. The summed E-state index contributed by atoms with van der Waals surface area (Å²) in [5, 5.41) is 5.89. The number of rotatable bonds is 6. The zero-order chi connectivity index (χ0) is 20.6. The molecule has 0 aliphatic heterocycles. The van der Waals surface area contributed by atoms with Crippen LogP contribution >= 0.6 is 22.9 Å². The smallest absolute Gasteiger partial charge is 0.280 e. The molecule has 0 saturated carbocycles. The number of halogens is 1. The quantitative estimate of drug-likeness (QED) is 0.588. The summed E-state index contributed by atoms with van der Waals surface area (Å²) >= 11 is 7.75. The number of benzene rings is 1. The lowest BCUT2D eigenvalue weighted by atomic mass is 10.2. The molecule has 1 aromatic carbocycles. The summed E-state index contributed by atoms with van der Waals surface area (Å²) in [7, 11) is 3.98. The highest BCUT2D eigenvalue weighted by atomic mass is 35.5. The molecule has 0 fully saturated rings. The van der Waals surface area contributed by atoms with Crippen LogP contribution in [-0.2, 0) is 0 Å². The summed E-state index contributed by atoms with van der Waals surface area (Å²) in [6, 6.07) is 5.88. The first-order valence-corrected chi connectivity index (χ1v) is 10.5. The molecule has 0 N–H and O–H groups in total. The molecule has 28 heavy (non-hydrogen) atoms. The minimum absolute atomic E-state index is 0.132. The van der Waals surface area contributed by atoms with Gasteiger partial charge in [0.05, 0.1) is 10.2 Å². The lowest BCUT2D eigenvalue weighted by Gasteiger charge is -2.21. The first kappa shape index (κ1) is 20.8. The van der Waals surface area contributed by atoms with Gasteiger partial charge in [0.25, 0.3) is 5.91 Å². The lowest BCUT2D eigenvalue weighted by Crippen LogP contribution is -2.37. The third-order valence-corrected chi connectivity index (χ3v) is 6.07. The van der Waals surface area contributed by atoms with Crippen LogP contribution in [0.5, 0.6) is 0 Å². The highest BCUT2D eigenvalue weighted by Crippen LogP contribution is 2.34. The summed E-state index contributed by atoms with van der Waals surface area (Å²) in [6.45, 7) is 9.29. The standard InChI is InChI=1S/C20H26ClN5OS/c1-12(2)26-13(3)11-16(23-26)19(27)25(10-9-24(5)6)20-22-18-14(4)15(21)7-8-17(18)28-20/h7-8,11-12H,9-10H2,1-6H3. The highest BCUT2D eigenvalue weighted by molar-refractivity contribution is 7.22. The number of amides is 1. The zero-order valence-electron chi connectivity index (χ0n) is 17.2. The molecule has 0 atom stereocenters. The first-order chi connectivity index (χ1) is 13.2. The van der Waals surface area contributed by atoms with Gasteiger partial charge in [0.1, 0.15) is 0 Å². The fourth-order valence-corrected chi connectivity index (χ4v) is 4.24. The topological polar surface area (TPSA) is 54.3 Å². The van der Waals surface area contributed by atoms with E-state index in [1.165, 1.54) is 11.3 Å². The number of likely N-dealkylation sites (N-methyl/N-ethyl adjacent to an activating group) is 1. The summed E-state index contributed by atoms with van der Waals surface area (Å²) in [6.07, 6.45) is 0. The Morgan fingerprint density at radius 1 is 1.25 bits per heavy atom. The number of aromatic nitrogens is 3. The fraction of sp³-hybridized carbons (Fsp3) is 0.450. The predicted molar refractivity (Wildman–Crippen MR) is 117 cm³/mol. The van der Waals surface area contributed by atoms with E-state index in [0.29, 0.717) is 22.4 Å². The van der Waals surface area contributed by atoms with Crippen molar-refractivity contribution in [3.63, 3.8) is 0 Å². The molecule has 2 aromatic heterocycles. The number of nitrogens with zero attached hydrogens (tertiary/aromatic N) is 5. The highest BCUT2D eigenvalue weighted by Gasteiger charge is 2.25. The molecule has 0 unspecified atom stereocenters. The second-order valence-corrected chi connectivity index (χ2v) is 8.90. The minimum atomic E-state index is -0.132. The molecule has 1 amide bonds. The van der Waals surface area contributed by atoms with Gasteiger partial charge in [0.15, 0.2) is 10.8 Å². The Labute approximate surface area is 174 Å². The van der Waals surface area contributed by atoms with Gasteiger partial charge in [-0.25, -0.2) is 4.98 Å². The third-order valence-electron chi connectivity index (χ3n) is 4.61. The van der Waals surface area contributed by atoms with Crippen molar-refractivity contribution in [2.24, 2.45) is 0 Å². The van der Waals surface area contributed by atoms with Crippen molar-refractivity contribution < 1.29 is 4.79 Å². The Bertz CT molecular complexity index is 1010. The normalized spacial score (nSPS) is 11.8. The second-order valence-electron chi connectivity index (χ2n) is 7.48. The van der Waals surface area contributed by atoms with Gasteiger partial charge in [0.2, 0.25) is 0 Å². The van der Waals surface area contributed by atoms with Crippen molar-refractivity contribution in [2.75, 3.05) is 32.1 Å². The molecule has 0 bridgehead atoms. The maximum Gasteiger partial charge on any atom is 0.280 e. The van der Waals surface area contributed by atoms with E-state index in [9.17, 15) is 4.79 Å². The molecular weight excluding hydrogens is 394 g/mol. The summed E-state index contributed by atoms with van der Waals surface area (Å²) in [5.74, 6) is -0.132. The van der Waals surface area contributed by atoms with E-state index >= 15 is 0 Å². The lowest BCUT2D eigenvalue weighted by molar-refractivity contribution is 0.0979. The maximum absolute atomic E-state index is 13.3. The van der Waals surface area contributed by atoms with Crippen LogP contribution in [0.15, 0.2) is 18.2 Å². The van der Waals surface area contributed by atoms with E-state index in [1.54, 1.807) is 4.90 Å². The van der Waals surface area contributed by atoms with Gasteiger partial charge in [-0.3, -0.25) is 14.4 Å². The van der Waals surface area contributed by atoms with Crippen molar-refractivity contribution in [2.45, 2.75) is 33.7 Å². The van der Waals surface area contributed by atoms with Gasteiger partial charge < -0.3 is 4.90 Å². The first-order valence-electron chi connectivity index (χ1n) is 9.27. The van der Waals surface area contributed by atoms with Gasteiger partial charge in [-0.05, 0) is 65.6 Å². The van der Waals surface area contributed by atoms with Crippen LogP contribution in [0.1, 0.15) is 41.6 Å².